The molecule has 1 aliphatic heterocycles. The number of hydrogen-bond acceptors (Lipinski definition) is 7. The van der Waals surface area contributed by atoms with E-state index in [2.05, 4.69) is 32.2 Å². The van der Waals surface area contributed by atoms with Gasteiger partial charge in [-0.3, -0.25) is 9.69 Å². The Hall–Kier alpha value is -2.61. The number of nitrogens with zero attached hydrogens (tertiary/aromatic N) is 4. The van der Waals surface area contributed by atoms with E-state index < -0.39 is 0 Å². The van der Waals surface area contributed by atoms with Crippen LogP contribution in [0.25, 0.3) is 11.4 Å². The number of anilines is 1. The van der Waals surface area contributed by atoms with Crippen LogP contribution >= 0.6 is 0 Å². The monoisotopic (exact) mass is 413 g/mol. The van der Waals surface area contributed by atoms with Crippen LogP contribution in [0.3, 0.4) is 0 Å². The largest absolute Gasteiger partial charge is 0.497 e. The maximum absolute atomic E-state index is 12.4. The lowest BCUT2D eigenvalue weighted by Gasteiger charge is -2.34. The molecule has 0 bridgehead atoms. The van der Waals surface area contributed by atoms with Crippen LogP contribution in [-0.4, -0.2) is 66.8 Å². The molecule has 1 saturated heterocycles. The molecule has 4 rings (SSSR count). The number of rotatable bonds is 6. The van der Waals surface area contributed by atoms with E-state index >= 15 is 0 Å². The number of benzene rings is 1. The predicted octanol–water partition coefficient (Wildman–Crippen LogP) is 2.56. The molecule has 0 spiro atoms. The second-order valence-electron chi connectivity index (χ2n) is 8.43. The number of piperazine rings is 1. The average molecular weight is 414 g/mol. The summed E-state index contributed by atoms with van der Waals surface area (Å²) in [4.78, 5) is 21.2. The Balaban J connectivity index is 1.26. The minimum absolute atomic E-state index is 0.139. The molecule has 2 atom stereocenters. The SMILES string of the molecule is COc1cccc(-c2noc(N3CCN(CC(=O)NC4CCCC(C)C4)CC3)n2)c1. The number of nitrogens with one attached hydrogen (secondary N) is 1. The van der Waals surface area contributed by atoms with Gasteiger partial charge in [0.25, 0.3) is 0 Å². The molecule has 30 heavy (non-hydrogen) atoms. The number of carbonyl (C=O) groups is 1. The van der Waals surface area contributed by atoms with Gasteiger partial charge in [-0.25, -0.2) is 0 Å². The molecule has 1 N–H and O–H groups in total. The Morgan fingerprint density at radius 1 is 1.27 bits per heavy atom. The molecule has 8 heteroatoms. The normalized spacial score (nSPS) is 22.7. The van der Waals surface area contributed by atoms with Gasteiger partial charge in [0.2, 0.25) is 11.7 Å². The molecule has 2 heterocycles. The second kappa shape index (κ2) is 9.47. The van der Waals surface area contributed by atoms with E-state index in [-0.39, 0.29) is 5.91 Å². The van der Waals surface area contributed by atoms with E-state index in [0.29, 0.717) is 30.3 Å². The minimum Gasteiger partial charge on any atom is -0.497 e. The van der Waals surface area contributed by atoms with Gasteiger partial charge >= 0.3 is 6.01 Å². The van der Waals surface area contributed by atoms with E-state index in [0.717, 1.165) is 50.3 Å². The topological polar surface area (TPSA) is 83.7 Å². The van der Waals surface area contributed by atoms with Crippen LogP contribution in [0.5, 0.6) is 5.75 Å². The first-order chi connectivity index (χ1) is 14.6. The van der Waals surface area contributed by atoms with E-state index in [1.165, 1.54) is 12.8 Å². The van der Waals surface area contributed by atoms with Crippen molar-refractivity contribution < 1.29 is 14.1 Å². The summed E-state index contributed by atoms with van der Waals surface area (Å²) in [5.41, 5.74) is 0.858. The lowest BCUT2D eigenvalue weighted by molar-refractivity contribution is -0.123. The molecule has 1 aromatic heterocycles. The van der Waals surface area contributed by atoms with Crippen molar-refractivity contribution in [3.63, 3.8) is 0 Å². The Morgan fingerprint density at radius 3 is 2.87 bits per heavy atom. The molecule has 1 aromatic carbocycles. The maximum atomic E-state index is 12.4. The number of methoxy groups -OCH3 is 1. The third kappa shape index (κ3) is 5.11. The van der Waals surface area contributed by atoms with Gasteiger partial charge < -0.3 is 19.5 Å². The van der Waals surface area contributed by atoms with Gasteiger partial charge in [-0.15, -0.1) is 0 Å². The molecule has 0 radical (unpaired) electrons. The maximum Gasteiger partial charge on any atom is 0.324 e. The third-order valence-electron chi connectivity index (χ3n) is 6.05. The summed E-state index contributed by atoms with van der Waals surface area (Å²) in [6, 6.07) is 8.47. The molecule has 1 saturated carbocycles. The first-order valence-corrected chi connectivity index (χ1v) is 10.9. The predicted molar refractivity (Wildman–Crippen MR) is 115 cm³/mol. The van der Waals surface area contributed by atoms with Crippen LogP contribution in [0, 0.1) is 5.92 Å². The summed E-state index contributed by atoms with van der Waals surface area (Å²) >= 11 is 0. The number of aromatic nitrogens is 2. The van der Waals surface area contributed by atoms with Crippen molar-refractivity contribution in [1.29, 1.82) is 0 Å². The van der Waals surface area contributed by atoms with Gasteiger partial charge in [-0.05, 0) is 30.9 Å². The highest BCUT2D eigenvalue weighted by molar-refractivity contribution is 5.78. The molecule has 2 fully saturated rings. The lowest BCUT2D eigenvalue weighted by Crippen LogP contribution is -2.51. The molecule has 2 aromatic rings. The quantitative estimate of drug-likeness (QED) is 0.779. The number of hydrogen-bond donors (Lipinski definition) is 1. The van der Waals surface area contributed by atoms with Crippen LogP contribution in [0.1, 0.15) is 32.6 Å². The van der Waals surface area contributed by atoms with Gasteiger partial charge in [0.05, 0.1) is 13.7 Å². The fourth-order valence-electron chi connectivity index (χ4n) is 4.36. The fraction of sp³-hybridized carbons (Fsp3) is 0.591. The highest BCUT2D eigenvalue weighted by atomic mass is 16.5. The van der Waals surface area contributed by atoms with E-state index in [1.54, 1.807) is 7.11 Å². The number of ether oxygens (including phenoxy) is 1. The second-order valence-corrected chi connectivity index (χ2v) is 8.43. The zero-order valence-corrected chi connectivity index (χ0v) is 17.8. The van der Waals surface area contributed by atoms with Gasteiger partial charge in [0.15, 0.2) is 0 Å². The number of carbonyl (C=O) groups excluding carboxylic acids is 1. The lowest BCUT2D eigenvalue weighted by atomic mass is 9.87. The Kier molecular flexibility index (Phi) is 6.52. The molecule has 2 aliphatic rings. The van der Waals surface area contributed by atoms with Crippen molar-refractivity contribution in [1.82, 2.24) is 20.4 Å². The van der Waals surface area contributed by atoms with Gasteiger partial charge in [0, 0.05) is 37.8 Å². The van der Waals surface area contributed by atoms with Crippen LogP contribution in [0.15, 0.2) is 28.8 Å². The molecule has 162 valence electrons. The smallest absolute Gasteiger partial charge is 0.324 e. The summed E-state index contributed by atoms with van der Waals surface area (Å²) in [6.07, 6.45) is 4.71. The van der Waals surface area contributed by atoms with Crippen molar-refractivity contribution >= 4 is 11.9 Å². The Bertz CT molecular complexity index is 847. The first-order valence-electron chi connectivity index (χ1n) is 10.9. The van der Waals surface area contributed by atoms with Crippen molar-refractivity contribution in [2.75, 3.05) is 44.7 Å². The van der Waals surface area contributed by atoms with Crippen molar-refractivity contribution in [3.8, 4) is 17.1 Å². The average Bonchev–Trinajstić information content (AvgIpc) is 3.24. The molecule has 1 aliphatic carbocycles. The van der Waals surface area contributed by atoms with Gasteiger partial charge in [0.1, 0.15) is 5.75 Å². The molecule has 1 amide bonds. The summed E-state index contributed by atoms with van der Waals surface area (Å²) in [7, 11) is 1.64. The van der Waals surface area contributed by atoms with Crippen molar-refractivity contribution in [2.24, 2.45) is 5.92 Å². The molecule has 8 nitrogen and oxygen atoms in total. The van der Waals surface area contributed by atoms with Crippen molar-refractivity contribution in [3.05, 3.63) is 24.3 Å². The standard InChI is InChI=1S/C22H31N5O3/c1-16-5-3-7-18(13-16)23-20(28)15-26-9-11-27(12-10-26)22-24-21(25-30-22)17-6-4-8-19(14-17)29-2/h4,6,8,14,16,18H,3,5,7,9-13,15H2,1-2H3,(H,23,28). The van der Waals surface area contributed by atoms with Crippen molar-refractivity contribution in [2.45, 2.75) is 38.6 Å². The Labute approximate surface area is 177 Å². The highest BCUT2D eigenvalue weighted by Crippen LogP contribution is 2.25. The van der Waals surface area contributed by atoms with Gasteiger partial charge in [-0.1, -0.05) is 37.1 Å². The summed E-state index contributed by atoms with van der Waals surface area (Å²) in [6.45, 7) is 5.84. The van der Waals surface area contributed by atoms with Crippen LogP contribution < -0.4 is 15.0 Å². The van der Waals surface area contributed by atoms with E-state index in [9.17, 15) is 4.79 Å². The molecule has 2 unspecified atom stereocenters. The van der Waals surface area contributed by atoms with Crippen LogP contribution in [0.4, 0.5) is 6.01 Å². The summed E-state index contributed by atoms with van der Waals surface area (Å²) < 4.78 is 10.7. The Morgan fingerprint density at radius 2 is 2.10 bits per heavy atom. The fourth-order valence-corrected chi connectivity index (χ4v) is 4.36. The highest BCUT2D eigenvalue weighted by Gasteiger charge is 2.25. The van der Waals surface area contributed by atoms with Crippen LogP contribution in [0.2, 0.25) is 0 Å². The zero-order valence-electron chi connectivity index (χ0n) is 17.8. The summed E-state index contributed by atoms with van der Waals surface area (Å²) in [5.74, 6) is 2.16. The zero-order chi connectivity index (χ0) is 20.9. The third-order valence-corrected chi connectivity index (χ3v) is 6.05. The van der Waals surface area contributed by atoms with Crippen LogP contribution in [-0.2, 0) is 4.79 Å². The van der Waals surface area contributed by atoms with Gasteiger partial charge in [-0.2, -0.15) is 4.98 Å². The first kappa shape index (κ1) is 20.7. The summed E-state index contributed by atoms with van der Waals surface area (Å²) in [5, 5.41) is 7.34. The van der Waals surface area contributed by atoms with E-state index in [4.69, 9.17) is 9.26 Å². The number of amides is 1. The van der Waals surface area contributed by atoms with E-state index in [1.807, 2.05) is 24.3 Å². The molecular weight excluding hydrogens is 382 g/mol. The minimum atomic E-state index is 0.139. The molecular formula is C22H31N5O3.